The van der Waals surface area contributed by atoms with Gasteiger partial charge in [0.15, 0.2) is 5.78 Å². The van der Waals surface area contributed by atoms with Crippen molar-refractivity contribution in [1.29, 1.82) is 0 Å². The minimum atomic E-state index is -0.600. The molecule has 0 aromatic rings. The highest BCUT2D eigenvalue weighted by molar-refractivity contribution is 6.03. The van der Waals surface area contributed by atoms with Gasteiger partial charge in [-0.1, -0.05) is 13.8 Å². The fraction of sp³-hybridized carbons (Fsp3) is 0.778. The van der Waals surface area contributed by atoms with Gasteiger partial charge in [-0.25, -0.2) is 0 Å². The van der Waals surface area contributed by atoms with Crippen LogP contribution in [-0.2, 0) is 14.3 Å². The molecule has 0 bridgehead atoms. The quantitative estimate of drug-likeness (QED) is 0.485. The van der Waals surface area contributed by atoms with E-state index in [1.807, 2.05) is 13.8 Å². The number of carbonyl (C=O) groups excluding carboxylic acids is 2. The SMILES string of the molecule is COC(=O)C1CN[C@@H](C(C)C)C1=O. The number of ether oxygens (including phenoxy) is 1. The lowest BCUT2D eigenvalue weighted by molar-refractivity contribution is -0.148. The molecule has 1 aliphatic heterocycles. The van der Waals surface area contributed by atoms with Gasteiger partial charge >= 0.3 is 5.97 Å². The summed E-state index contributed by atoms with van der Waals surface area (Å²) >= 11 is 0. The number of carbonyl (C=O) groups is 2. The van der Waals surface area contributed by atoms with Gasteiger partial charge in [0.05, 0.1) is 13.2 Å². The Morgan fingerprint density at radius 2 is 2.23 bits per heavy atom. The van der Waals surface area contributed by atoms with E-state index in [2.05, 4.69) is 10.1 Å². The molecule has 0 aromatic heterocycles. The Morgan fingerprint density at radius 1 is 1.62 bits per heavy atom. The first-order valence-corrected chi connectivity index (χ1v) is 4.43. The van der Waals surface area contributed by atoms with Crippen LogP contribution in [0.15, 0.2) is 0 Å². The van der Waals surface area contributed by atoms with Crippen molar-refractivity contribution in [3.63, 3.8) is 0 Å². The van der Waals surface area contributed by atoms with E-state index in [1.165, 1.54) is 7.11 Å². The van der Waals surface area contributed by atoms with Crippen LogP contribution in [0.2, 0.25) is 0 Å². The number of ketones is 1. The van der Waals surface area contributed by atoms with Crippen molar-refractivity contribution in [1.82, 2.24) is 5.32 Å². The molecule has 4 nitrogen and oxygen atoms in total. The van der Waals surface area contributed by atoms with E-state index in [9.17, 15) is 9.59 Å². The maximum Gasteiger partial charge on any atom is 0.317 e. The predicted molar refractivity (Wildman–Crippen MR) is 47.1 cm³/mol. The van der Waals surface area contributed by atoms with Gasteiger partial charge in [0, 0.05) is 6.54 Å². The summed E-state index contributed by atoms with van der Waals surface area (Å²) in [5, 5.41) is 3.02. The number of rotatable bonds is 2. The molecule has 1 N–H and O–H groups in total. The molecule has 1 unspecified atom stereocenters. The maximum atomic E-state index is 11.6. The standard InChI is InChI=1S/C9H15NO3/c1-5(2)7-8(11)6(4-10-7)9(12)13-3/h5-7,10H,4H2,1-3H3/t6?,7-/m0/s1. The molecule has 2 atom stereocenters. The predicted octanol–water partition coefficient (Wildman–Crippen LogP) is -0.0275. The average Bonchev–Trinajstić information content (AvgIpc) is 2.46. The Bertz CT molecular complexity index is 225. The van der Waals surface area contributed by atoms with Crippen LogP contribution >= 0.6 is 0 Å². The maximum absolute atomic E-state index is 11.6. The van der Waals surface area contributed by atoms with Gasteiger partial charge in [-0.3, -0.25) is 9.59 Å². The van der Waals surface area contributed by atoms with Crippen molar-refractivity contribution in [3.8, 4) is 0 Å². The van der Waals surface area contributed by atoms with E-state index in [1.54, 1.807) is 0 Å². The first-order chi connectivity index (χ1) is 6.07. The second kappa shape index (κ2) is 3.87. The van der Waals surface area contributed by atoms with E-state index in [4.69, 9.17) is 0 Å². The number of hydrogen-bond donors (Lipinski definition) is 1. The lowest BCUT2D eigenvalue weighted by atomic mass is 9.96. The Balaban J connectivity index is 2.65. The van der Waals surface area contributed by atoms with E-state index < -0.39 is 11.9 Å². The zero-order valence-electron chi connectivity index (χ0n) is 8.16. The molecule has 1 fully saturated rings. The third-order valence-corrected chi connectivity index (χ3v) is 2.34. The van der Waals surface area contributed by atoms with Crippen molar-refractivity contribution in [2.45, 2.75) is 19.9 Å². The molecule has 1 saturated heterocycles. The summed E-state index contributed by atoms with van der Waals surface area (Å²) in [7, 11) is 1.30. The van der Waals surface area contributed by atoms with Crippen molar-refractivity contribution in [2.75, 3.05) is 13.7 Å². The number of nitrogens with one attached hydrogen (secondary N) is 1. The molecule has 13 heavy (non-hydrogen) atoms. The fourth-order valence-corrected chi connectivity index (χ4v) is 1.57. The Kier molecular flexibility index (Phi) is 3.03. The smallest absolute Gasteiger partial charge is 0.317 e. The topological polar surface area (TPSA) is 55.4 Å². The van der Waals surface area contributed by atoms with E-state index in [0.717, 1.165) is 0 Å². The Morgan fingerprint density at radius 3 is 2.62 bits per heavy atom. The average molecular weight is 185 g/mol. The van der Waals surface area contributed by atoms with Crippen LogP contribution in [0, 0.1) is 11.8 Å². The second-order valence-electron chi connectivity index (χ2n) is 3.61. The highest BCUT2D eigenvalue weighted by Crippen LogP contribution is 2.16. The van der Waals surface area contributed by atoms with Gasteiger partial charge in [0.25, 0.3) is 0 Å². The normalized spacial score (nSPS) is 28.2. The molecule has 1 heterocycles. The molecule has 0 spiro atoms. The highest BCUT2D eigenvalue weighted by atomic mass is 16.5. The molecular formula is C9H15NO3. The summed E-state index contributed by atoms with van der Waals surface area (Å²) in [5.74, 6) is -0.845. The molecule has 0 aromatic carbocycles. The fourth-order valence-electron chi connectivity index (χ4n) is 1.57. The molecule has 0 amide bonds. The third-order valence-electron chi connectivity index (χ3n) is 2.34. The van der Waals surface area contributed by atoms with Crippen molar-refractivity contribution in [2.24, 2.45) is 11.8 Å². The summed E-state index contributed by atoms with van der Waals surface area (Å²) in [6, 6.07) is -0.191. The summed E-state index contributed by atoms with van der Waals surface area (Å²) in [6.45, 7) is 4.32. The lowest BCUT2D eigenvalue weighted by Gasteiger charge is -2.12. The Labute approximate surface area is 77.6 Å². The second-order valence-corrected chi connectivity index (χ2v) is 3.61. The summed E-state index contributed by atoms with van der Waals surface area (Å²) in [6.07, 6.45) is 0. The molecule has 1 aliphatic rings. The van der Waals surface area contributed by atoms with Gasteiger partial charge in [0.1, 0.15) is 5.92 Å². The molecular weight excluding hydrogens is 170 g/mol. The largest absolute Gasteiger partial charge is 0.468 e. The van der Waals surface area contributed by atoms with E-state index >= 15 is 0 Å². The van der Waals surface area contributed by atoms with Crippen LogP contribution in [0.25, 0.3) is 0 Å². The van der Waals surface area contributed by atoms with Gasteiger partial charge in [-0.2, -0.15) is 0 Å². The first kappa shape index (κ1) is 10.2. The minimum absolute atomic E-state index is 0.0400. The summed E-state index contributed by atoms with van der Waals surface area (Å²) < 4.78 is 4.53. The van der Waals surface area contributed by atoms with Crippen LogP contribution in [0.1, 0.15) is 13.8 Å². The molecule has 0 aliphatic carbocycles. The van der Waals surface area contributed by atoms with Crippen molar-refractivity contribution >= 4 is 11.8 Å². The van der Waals surface area contributed by atoms with Crippen molar-refractivity contribution < 1.29 is 14.3 Å². The van der Waals surface area contributed by atoms with Crippen LogP contribution in [0.4, 0.5) is 0 Å². The highest BCUT2D eigenvalue weighted by Gasteiger charge is 2.40. The van der Waals surface area contributed by atoms with Gasteiger partial charge in [0.2, 0.25) is 0 Å². The summed E-state index contributed by atoms with van der Waals surface area (Å²) in [4.78, 5) is 22.7. The van der Waals surface area contributed by atoms with Gasteiger partial charge in [-0.05, 0) is 5.92 Å². The lowest BCUT2D eigenvalue weighted by Crippen LogP contribution is -2.33. The third kappa shape index (κ3) is 1.88. The number of hydrogen-bond acceptors (Lipinski definition) is 4. The van der Waals surface area contributed by atoms with Crippen molar-refractivity contribution in [3.05, 3.63) is 0 Å². The minimum Gasteiger partial charge on any atom is -0.468 e. The van der Waals surface area contributed by atoms with E-state index in [0.29, 0.717) is 6.54 Å². The van der Waals surface area contributed by atoms with Crippen LogP contribution in [0.5, 0.6) is 0 Å². The van der Waals surface area contributed by atoms with Crippen LogP contribution in [-0.4, -0.2) is 31.4 Å². The van der Waals surface area contributed by atoms with Gasteiger partial charge in [-0.15, -0.1) is 0 Å². The van der Waals surface area contributed by atoms with E-state index in [-0.39, 0.29) is 17.7 Å². The molecule has 4 heteroatoms. The number of Topliss-reactive ketones (excluding diaryl/α,β-unsaturated/α-hetero) is 1. The Hall–Kier alpha value is -0.900. The number of esters is 1. The summed E-state index contributed by atoms with van der Waals surface area (Å²) in [5.41, 5.74) is 0. The molecule has 74 valence electrons. The number of methoxy groups -OCH3 is 1. The monoisotopic (exact) mass is 185 g/mol. The molecule has 1 rings (SSSR count). The first-order valence-electron chi connectivity index (χ1n) is 4.43. The zero-order valence-corrected chi connectivity index (χ0v) is 8.16. The molecule has 0 saturated carbocycles. The zero-order chi connectivity index (χ0) is 10.0. The van der Waals surface area contributed by atoms with Gasteiger partial charge < -0.3 is 10.1 Å². The van der Waals surface area contributed by atoms with Crippen LogP contribution in [0.3, 0.4) is 0 Å². The van der Waals surface area contributed by atoms with Crippen LogP contribution < -0.4 is 5.32 Å². The molecule has 0 radical (unpaired) electrons.